The van der Waals surface area contributed by atoms with E-state index >= 15 is 0 Å². The van der Waals surface area contributed by atoms with Crippen molar-refractivity contribution in [2.45, 2.75) is 52.2 Å². The first-order valence-electron chi connectivity index (χ1n) is 14.2. The summed E-state index contributed by atoms with van der Waals surface area (Å²) in [5.74, 6) is -1.17. The fraction of sp³-hybridized carbons (Fsp3) is 0.273. The molecule has 4 aromatic rings. The van der Waals surface area contributed by atoms with Crippen LogP contribution >= 0.6 is 0 Å². The van der Waals surface area contributed by atoms with Crippen molar-refractivity contribution in [2.75, 3.05) is 11.9 Å². The average molecular weight is 621 g/mol. The van der Waals surface area contributed by atoms with Crippen LogP contribution in [0, 0.1) is 0 Å². The molecule has 3 aromatic carbocycles. The van der Waals surface area contributed by atoms with Crippen LogP contribution in [0.1, 0.15) is 47.8 Å². The number of carbonyl (C=O) groups excluding carboxylic acids is 3. The van der Waals surface area contributed by atoms with Gasteiger partial charge in [-0.1, -0.05) is 24.3 Å². The first-order chi connectivity index (χ1) is 21.4. The lowest BCUT2D eigenvalue weighted by atomic mass is 9.96. The van der Waals surface area contributed by atoms with E-state index in [0.29, 0.717) is 18.8 Å². The van der Waals surface area contributed by atoms with Gasteiger partial charge in [0.25, 0.3) is 5.91 Å². The number of esters is 1. The molecule has 0 saturated carbocycles. The summed E-state index contributed by atoms with van der Waals surface area (Å²) in [6, 6.07) is 16.1. The number of benzene rings is 3. The quantitative estimate of drug-likeness (QED) is 0.228. The molecule has 0 radical (unpaired) electrons. The van der Waals surface area contributed by atoms with Gasteiger partial charge in [0.2, 0.25) is 5.91 Å². The zero-order valence-electron chi connectivity index (χ0n) is 24.9. The Morgan fingerprint density at radius 1 is 0.956 bits per heavy atom. The SMILES string of the molecule is CCOC(=O)C(C)(C)Oc1cccc(C(=O)Nc2ccc3c(c2)CN(C(=O)Cn2cccn2)C3)c1-c1ccc(C(F)(F)F)cc1. The van der Waals surface area contributed by atoms with Gasteiger partial charge in [-0.05, 0) is 79.9 Å². The van der Waals surface area contributed by atoms with Crippen molar-refractivity contribution in [3.8, 4) is 16.9 Å². The summed E-state index contributed by atoms with van der Waals surface area (Å²) in [5.41, 5.74) is 0.577. The summed E-state index contributed by atoms with van der Waals surface area (Å²) < 4.78 is 52.7. The summed E-state index contributed by atoms with van der Waals surface area (Å²) in [5, 5.41) is 6.94. The predicted molar refractivity (Wildman–Crippen MR) is 159 cm³/mol. The van der Waals surface area contributed by atoms with Gasteiger partial charge in [0.15, 0.2) is 5.60 Å². The summed E-state index contributed by atoms with van der Waals surface area (Å²) in [6.07, 6.45) is -1.23. The third-order valence-corrected chi connectivity index (χ3v) is 7.30. The number of rotatable bonds is 9. The molecule has 1 aliphatic heterocycles. The van der Waals surface area contributed by atoms with Crippen molar-refractivity contribution >= 4 is 23.5 Å². The van der Waals surface area contributed by atoms with E-state index in [1.165, 1.54) is 38.1 Å². The number of nitrogens with zero attached hydrogens (tertiary/aromatic N) is 3. The maximum Gasteiger partial charge on any atom is 0.416 e. The third-order valence-electron chi connectivity index (χ3n) is 7.30. The minimum Gasteiger partial charge on any atom is -0.475 e. The molecule has 9 nitrogen and oxygen atoms in total. The average Bonchev–Trinajstić information content (AvgIpc) is 3.66. The Hall–Kier alpha value is -5.13. The molecule has 0 bridgehead atoms. The number of aromatic nitrogens is 2. The number of ether oxygens (including phenoxy) is 2. The van der Waals surface area contributed by atoms with Gasteiger partial charge >= 0.3 is 12.1 Å². The number of amides is 2. The Morgan fingerprint density at radius 2 is 1.69 bits per heavy atom. The van der Waals surface area contributed by atoms with Gasteiger partial charge in [0.1, 0.15) is 12.3 Å². The molecular weight excluding hydrogens is 589 g/mol. The highest BCUT2D eigenvalue weighted by Crippen LogP contribution is 2.38. The predicted octanol–water partition coefficient (Wildman–Crippen LogP) is 6.08. The molecule has 5 rings (SSSR count). The Labute approximate surface area is 257 Å². The highest BCUT2D eigenvalue weighted by atomic mass is 19.4. The molecule has 0 atom stereocenters. The van der Waals surface area contributed by atoms with E-state index in [1.807, 2.05) is 6.07 Å². The normalized spacial score (nSPS) is 12.9. The summed E-state index contributed by atoms with van der Waals surface area (Å²) in [6.45, 7) is 5.69. The monoisotopic (exact) mass is 620 g/mol. The molecular formula is C33H31F3N4O5. The van der Waals surface area contributed by atoms with Crippen LogP contribution in [-0.2, 0) is 40.1 Å². The Morgan fingerprint density at radius 3 is 2.36 bits per heavy atom. The van der Waals surface area contributed by atoms with Crippen LogP contribution in [0.25, 0.3) is 11.1 Å². The third kappa shape index (κ3) is 7.00. The van der Waals surface area contributed by atoms with Gasteiger partial charge < -0.3 is 19.7 Å². The maximum atomic E-state index is 13.7. The van der Waals surface area contributed by atoms with Crippen LogP contribution < -0.4 is 10.1 Å². The van der Waals surface area contributed by atoms with Crippen molar-refractivity contribution in [1.82, 2.24) is 14.7 Å². The minimum absolute atomic E-state index is 0.0933. The first kappa shape index (κ1) is 31.3. The zero-order chi connectivity index (χ0) is 32.4. The van der Waals surface area contributed by atoms with E-state index in [4.69, 9.17) is 9.47 Å². The molecule has 12 heteroatoms. The van der Waals surface area contributed by atoms with Gasteiger partial charge in [0, 0.05) is 36.7 Å². The highest BCUT2D eigenvalue weighted by Gasteiger charge is 2.34. The first-order valence-corrected chi connectivity index (χ1v) is 14.2. The van der Waals surface area contributed by atoms with Crippen LogP contribution in [0.4, 0.5) is 18.9 Å². The Balaban J connectivity index is 1.43. The van der Waals surface area contributed by atoms with E-state index < -0.39 is 29.2 Å². The van der Waals surface area contributed by atoms with Crippen molar-refractivity contribution in [1.29, 1.82) is 0 Å². The number of halogens is 3. The molecule has 0 saturated heterocycles. The lowest BCUT2D eigenvalue weighted by Crippen LogP contribution is -2.40. The molecule has 0 spiro atoms. The van der Waals surface area contributed by atoms with Crippen LogP contribution in [-0.4, -0.2) is 44.7 Å². The molecule has 0 aliphatic carbocycles. The van der Waals surface area contributed by atoms with Crippen LogP contribution in [0.15, 0.2) is 79.1 Å². The second-order valence-corrected chi connectivity index (χ2v) is 11.0. The second kappa shape index (κ2) is 12.5. The van der Waals surface area contributed by atoms with Crippen LogP contribution in [0.5, 0.6) is 5.75 Å². The van der Waals surface area contributed by atoms with Gasteiger partial charge in [0.05, 0.1) is 17.7 Å². The Kier molecular flexibility index (Phi) is 8.67. The fourth-order valence-electron chi connectivity index (χ4n) is 5.03. The van der Waals surface area contributed by atoms with Gasteiger partial charge in [-0.15, -0.1) is 0 Å². The van der Waals surface area contributed by atoms with E-state index in [1.54, 1.807) is 53.2 Å². The number of hydrogen-bond donors (Lipinski definition) is 1. The Bertz CT molecular complexity index is 1720. The maximum absolute atomic E-state index is 13.7. The standard InChI is InChI=1S/C33H31F3N4O5/c1-4-44-31(43)32(2,3)45-27-8-5-7-26(29(27)21-9-12-24(13-10-21)33(34,35)36)30(42)38-25-14-11-22-18-39(19-23(22)17-25)28(41)20-40-16-6-15-37-40/h5-17H,4,18-20H2,1-3H3,(H,38,42). The van der Waals surface area contributed by atoms with Crippen molar-refractivity contribution < 1.29 is 37.0 Å². The largest absolute Gasteiger partial charge is 0.475 e. The zero-order valence-corrected chi connectivity index (χ0v) is 24.9. The smallest absolute Gasteiger partial charge is 0.416 e. The topological polar surface area (TPSA) is 103 Å². The van der Waals surface area contributed by atoms with Crippen LogP contribution in [0.2, 0.25) is 0 Å². The summed E-state index contributed by atoms with van der Waals surface area (Å²) >= 11 is 0. The second-order valence-electron chi connectivity index (χ2n) is 11.0. The highest BCUT2D eigenvalue weighted by molar-refractivity contribution is 6.09. The molecule has 1 aromatic heterocycles. The lowest BCUT2D eigenvalue weighted by molar-refractivity contribution is -0.158. The van der Waals surface area contributed by atoms with Crippen LogP contribution in [0.3, 0.4) is 0 Å². The fourth-order valence-corrected chi connectivity index (χ4v) is 5.03. The van der Waals surface area contributed by atoms with E-state index in [0.717, 1.165) is 23.3 Å². The molecule has 1 aliphatic rings. The summed E-state index contributed by atoms with van der Waals surface area (Å²) in [7, 11) is 0. The molecule has 0 unspecified atom stereocenters. The van der Waals surface area contributed by atoms with Crippen molar-refractivity contribution in [3.63, 3.8) is 0 Å². The molecule has 45 heavy (non-hydrogen) atoms. The van der Waals surface area contributed by atoms with Crippen molar-refractivity contribution in [3.05, 3.63) is 101 Å². The molecule has 2 heterocycles. The van der Waals surface area contributed by atoms with Crippen molar-refractivity contribution in [2.24, 2.45) is 0 Å². The molecule has 2 amide bonds. The summed E-state index contributed by atoms with van der Waals surface area (Å²) in [4.78, 5) is 40.8. The van der Waals surface area contributed by atoms with E-state index in [2.05, 4.69) is 10.4 Å². The lowest BCUT2D eigenvalue weighted by Gasteiger charge is -2.26. The number of carbonyl (C=O) groups is 3. The van der Waals surface area contributed by atoms with Gasteiger partial charge in [-0.3, -0.25) is 14.3 Å². The number of anilines is 1. The molecule has 1 N–H and O–H groups in total. The number of hydrogen-bond acceptors (Lipinski definition) is 6. The number of nitrogens with one attached hydrogen (secondary N) is 1. The van der Waals surface area contributed by atoms with Gasteiger partial charge in [-0.2, -0.15) is 18.3 Å². The molecule has 0 fully saturated rings. The number of alkyl halides is 3. The van der Waals surface area contributed by atoms with Gasteiger partial charge in [-0.25, -0.2) is 4.79 Å². The minimum atomic E-state index is -4.55. The molecule has 234 valence electrons. The van der Waals surface area contributed by atoms with E-state index in [-0.39, 0.29) is 41.5 Å². The number of fused-ring (bicyclic) bond motifs is 1. The van der Waals surface area contributed by atoms with E-state index in [9.17, 15) is 27.6 Å².